The number of benzene rings is 2. The van der Waals surface area contributed by atoms with Crippen molar-refractivity contribution >= 4 is 39.1 Å². The standard InChI is InChI=1S/C22H27Cl2N3O3S/c1-4-14-5-7-15(8-6-14)20(27(2)3)13-25-22(28)17-11-21(19(24)12-18(17)23)31(29,30)26-16-9-10-16/h5-8,11-12,16,20,26H,4,9-10,13H2,1-3H3,(H,25,28). The first-order valence-electron chi connectivity index (χ1n) is 10.2. The van der Waals surface area contributed by atoms with Crippen LogP contribution in [-0.4, -0.2) is 45.9 Å². The molecular weight excluding hydrogens is 457 g/mol. The predicted molar refractivity (Wildman–Crippen MR) is 124 cm³/mol. The Bertz CT molecular complexity index is 1050. The van der Waals surface area contributed by atoms with Gasteiger partial charge in [0.05, 0.1) is 21.7 Å². The lowest BCUT2D eigenvalue weighted by Gasteiger charge is -2.25. The minimum Gasteiger partial charge on any atom is -0.350 e. The van der Waals surface area contributed by atoms with Gasteiger partial charge in [0.1, 0.15) is 4.90 Å². The van der Waals surface area contributed by atoms with Gasteiger partial charge in [-0.25, -0.2) is 13.1 Å². The molecule has 168 valence electrons. The SMILES string of the molecule is CCc1ccc(C(CNC(=O)c2cc(S(=O)(=O)NC3CC3)c(Cl)cc2Cl)N(C)C)cc1. The number of nitrogens with one attached hydrogen (secondary N) is 2. The van der Waals surface area contributed by atoms with Gasteiger partial charge in [-0.1, -0.05) is 54.4 Å². The Labute approximate surface area is 194 Å². The first kappa shape index (κ1) is 24.0. The number of hydrogen-bond donors (Lipinski definition) is 2. The molecule has 9 heteroatoms. The summed E-state index contributed by atoms with van der Waals surface area (Å²) in [7, 11) is 0.0534. The number of rotatable bonds is 9. The molecule has 3 rings (SSSR count). The maximum Gasteiger partial charge on any atom is 0.252 e. The fourth-order valence-electron chi connectivity index (χ4n) is 3.25. The summed E-state index contributed by atoms with van der Waals surface area (Å²) >= 11 is 12.3. The minimum atomic E-state index is -3.82. The van der Waals surface area contributed by atoms with Crippen molar-refractivity contribution in [3.05, 3.63) is 63.1 Å². The Balaban J connectivity index is 1.79. The molecular formula is C22H27Cl2N3O3S. The maximum absolute atomic E-state index is 12.9. The number of carbonyl (C=O) groups is 1. The number of hydrogen-bond acceptors (Lipinski definition) is 4. The van der Waals surface area contributed by atoms with Gasteiger partial charge in [0.25, 0.3) is 5.91 Å². The van der Waals surface area contributed by atoms with E-state index in [1.165, 1.54) is 17.7 Å². The molecule has 2 aromatic rings. The van der Waals surface area contributed by atoms with Crippen molar-refractivity contribution in [1.29, 1.82) is 0 Å². The van der Waals surface area contributed by atoms with Crippen LogP contribution in [0, 0.1) is 0 Å². The first-order chi connectivity index (χ1) is 14.6. The van der Waals surface area contributed by atoms with Crippen molar-refractivity contribution in [3.63, 3.8) is 0 Å². The Kier molecular flexibility index (Phi) is 7.65. The maximum atomic E-state index is 12.9. The summed E-state index contributed by atoms with van der Waals surface area (Å²) in [6.07, 6.45) is 2.55. The van der Waals surface area contributed by atoms with Gasteiger partial charge < -0.3 is 10.2 Å². The summed E-state index contributed by atoms with van der Waals surface area (Å²) in [6, 6.07) is 10.7. The third kappa shape index (κ3) is 5.99. The number of sulfonamides is 1. The Hall–Kier alpha value is -1.64. The van der Waals surface area contributed by atoms with E-state index in [2.05, 4.69) is 41.2 Å². The van der Waals surface area contributed by atoms with Crippen LogP contribution >= 0.6 is 23.2 Å². The van der Waals surface area contributed by atoms with Gasteiger partial charge in [-0.15, -0.1) is 0 Å². The summed E-state index contributed by atoms with van der Waals surface area (Å²) in [5.41, 5.74) is 2.38. The Morgan fingerprint density at radius 1 is 1.13 bits per heavy atom. The lowest BCUT2D eigenvalue weighted by atomic mass is 10.0. The first-order valence-corrected chi connectivity index (χ1v) is 12.4. The molecule has 1 amide bonds. The Morgan fingerprint density at radius 3 is 2.32 bits per heavy atom. The predicted octanol–water partition coefficient (Wildman–Crippen LogP) is 4.03. The minimum absolute atomic E-state index is 0.0168. The average Bonchev–Trinajstić information content (AvgIpc) is 3.51. The van der Waals surface area contributed by atoms with Gasteiger partial charge in [-0.2, -0.15) is 0 Å². The highest BCUT2D eigenvalue weighted by molar-refractivity contribution is 7.89. The molecule has 0 radical (unpaired) electrons. The zero-order valence-corrected chi connectivity index (χ0v) is 20.1. The summed E-state index contributed by atoms with van der Waals surface area (Å²) < 4.78 is 27.8. The lowest BCUT2D eigenvalue weighted by Crippen LogP contribution is -2.35. The topological polar surface area (TPSA) is 78.5 Å². The third-order valence-electron chi connectivity index (χ3n) is 5.31. The average molecular weight is 484 g/mol. The largest absolute Gasteiger partial charge is 0.350 e. The third-order valence-corrected chi connectivity index (χ3v) is 7.60. The van der Waals surface area contributed by atoms with Gasteiger partial charge in [-0.3, -0.25) is 4.79 Å². The molecule has 1 aliphatic carbocycles. The number of amides is 1. The van der Waals surface area contributed by atoms with Gasteiger partial charge in [-0.05, 0) is 56.6 Å². The fourth-order valence-corrected chi connectivity index (χ4v) is 5.42. The fraction of sp³-hybridized carbons (Fsp3) is 0.409. The van der Waals surface area contributed by atoms with Crippen LogP contribution in [0.4, 0.5) is 0 Å². The second kappa shape index (κ2) is 9.88. The van der Waals surface area contributed by atoms with Crippen molar-refractivity contribution in [3.8, 4) is 0 Å². The molecule has 2 N–H and O–H groups in total. The van der Waals surface area contributed by atoms with Crippen LogP contribution in [0.1, 0.15) is 47.3 Å². The van der Waals surface area contributed by atoms with Crippen LogP contribution in [0.25, 0.3) is 0 Å². The smallest absolute Gasteiger partial charge is 0.252 e. The second-order valence-electron chi connectivity index (χ2n) is 7.94. The molecule has 0 heterocycles. The van der Waals surface area contributed by atoms with Crippen molar-refractivity contribution in [2.45, 2.75) is 43.2 Å². The summed E-state index contributed by atoms with van der Waals surface area (Å²) in [6.45, 7) is 2.43. The molecule has 0 bridgehead atoms. The van der Waals surface area contributed by atoms with Gasteiger partial charge in [0.2, 0.25) is 10.0 Å². The van der Waals surface area contributed by atoms with Crippen molar-refractivity contribution in [2.75, 3.05) is 20.6 Å². The number of likely N-dealkylation sites (N-methyl/N-ethyl adjacent to an activating group) is 1. The molecule has 0 saturated heterocycles. The molecule has 0 aromatic heterocycles. The lowest BCUT2D eigenvalue weighted by molar-refractivity contribution is 0.0942. The summed E-state index contributed by atoms with van der Waals surface area (Å²) in [4.78, 5) is 14.7. The molecule has 1 unspecified atom stereocenters. The highest BCUT2D eigenvalue weighted by Crippen LogP contribution is 2.31. The van der Waals surface area contributed by atoms with E-state index in [9.17, 15) is 13.2 Å². The molecule has 0 aliphatic heterocycles. The van der Waals surface area contributed by atoms with E-state index < -0.39 is 15.9 Å². The molecule has 1 fully saturated rings. The zero-order valence-electron chi connectivity index (χ0n) is 17.8. The van der Waals surface area contributed by atoms with E-state index in [0.29, 0.717) is 6.54 Å². The van der Waals surface area contributed by atoms with Crippen molar-refractivity contribution < 1.29 is 13.2 Å². The van der Waals surface area contributed by atoms with E-state index in [4.69, 9.17) is 23.2 Å². The number of halogens is 2. The van der Waals surface area contributed by atoms with E-state index in [1.807, 2.05) is 19.0 Å². The van der Waals surface area contributed by atoms with Crippen LogP contribution < -0.4 is 10.0 Å². The summed E-state index contributed by atoms with van der Waals surface area (Å²) in [5.74, 6) is -0.457. The van der Waals surface area contributed by atoms with Crippen molar-refractivity contribution in [2.24, 2.45) is 0 Å². The molecule has 1 aliphatic rings. The van der Waals surface area contributed by atoms with E-state index in [1.54, 1.807) is 0 Å². The monoisotopic (exact) mass is 483 g/mol. The molecule has 0 spiro atoms. The highest BCUT2D eigenvalue weighted by Gasteiger charge is 2.30. The molecule has 2 aromatic carbocycles. The van der Waals surface area contributed by atoms with Crippen LogP contribution in [-0.2, 0) is 16.4 Å². The Morgan fingerprint density at radius 2 is 1.77 bits per heavy atom. The van der Waals surface area contributed by atoms with Crippen LogP contribution in [0.15, 0.2) is 41.3 Å². The molecule has 1 atom stereocenters. The quantitative estimate of drug-likeness (QED) is 0.564. The van der Waals surface area contributed by atoms with E-state index >= 15 is 0 Å². The molecule has 1 saturated carbocycles. The molecule has 31 heavy (non-hydrogen) atoms. The normalized spacial score (nSPS) is 15.2. The van der Waals surface area contributed by atoms with E-state index in [-0.39, 0.29) is 32.6 Å². The second-order valence-corrected chi connectivity index (χ2v) is 10.4. The van der Waals surface area contributed by atoms with Crippen LogP contribution in [0.3, 0.4) is 0 Å². The summed E-state index contributed by atoms with van der Waals surface area (Å²) in [5, 5.41) is 2.96. The van der Waals surface area contributed by atoms with E-state index in [0.717, 1.165) is 24.8 Å². The van der Waals surface area contributed by atoms with Crippen LogP contribution in [0.5, 0.6) is 0 Å². The van der Waals surface area contributed by atoms with Crippen molar-refractivity contribution in [1.82, 2.24) is 14.9 Å². The van der Waals surface area contributed by atoms with Gasteiger partial charge in [0, 0.05) is 12.6 Å². The van der Waals surface area contributed by atoms with Gasteiger partial charge >= 0.3 is 0 Å². The number of nitrogens with zero attached hydrogens (tertiary/aromatic N) is 1. The number of carbonyl (C=O) groups excluding carboxylic acids is 1. The van der Waals surface area contributed by atoms with Gasteiger partial charge in [0.15, 0.2) is 0 Å². The number of aryl methyl sites for hydroxylation is 1. The molecule has 6 nitrogen and oxygen atoms in total. The zero-order chi connectivity index (χ0) is 22.8. The van der Waals surface area contributed by atoms with Crippen LogP contribution in [0.2, 0.25) is 10.0 Å². The highest BCUT2D eigenvalue weighted by atomic mass is 35.5.